The van der Waals surface area contributed by atoms with Crippen molar-refractivity contribution in [1.29, 1.82) is 0 Å². The molecule has 1 aliphatic heterocycles. The van der Waals surface area contributed by atoms with Gasteiger partial charge in [-0.05, 0) is 48.7 Å². The fraction of sp³-hybridized carbons (Fsp3) is 0.375. The number of rotatable bonds is 6. The molecule has 3 aromatic rings. The summed E-state index contributed by atoms with van der Waals surface area (Å²) < 4.78 is 19.3. The topological polar surface area (TPSA) is 54.4 Å². The first kappa shape index (κ1) is 21.3. The van der Waals surface area contributed by atoms with Gasteiger partial charge in [-0.2, -0.15) is 0 Å². The summed E-state index contributed by atoms with van der Waals surface area (Å²) in [5.41, 5.74) is 5.22. The van der Waals surface area contributed by atoms with Crippen molar-refractivity contribution in [2.24, 2.45) is 0 Å². The summed E-state index contributed by atoms with van der Waals surface area (Å²) in [6, 6.07) is 10.8. The van der Waals surface area contributed by atoms with Gasteiger partial charge in [0.2, 0.25) is 5.95 Å². The van der Waals surface area contributed by atoms with Crippen LogP contribution in [0.4, 0.5) is 10.3 Å². The Labute approximate surface area is 182 Å². The Morgan fingerprint density at radius 3 is 2.52 bits per heavy atom. The van der Waals surface area contributed by atoms with Crippen molar-refractivity contribution in [3.8, 4) is 0 Å². The lowest BCUT2D eigenvalue weighted by Gasteiger charge is -2.32. The van der Waals surface area contributed by atoms with Crippen LogP contribution in [-0.4, -0.2) is 53.6 Å². The number of aryl methyl sites for hydroxylation is 1. The third-order valence-corrected chi connectivity index (χ3v) is 5.33. The van der Waals surface area contributed by atoms with Gasteiger partial charge in [0.1, 0.15) is 11.9 Å². The number of ether oxygens (including phenoxy) is 1. The molecule has 1 aromatic carbocycles. The van der Waals surface area contributed by atoms with Gasteiger partial charge in [0.05, 0.1) is 12.3 Å². The Balaban J connectivity index is 1.44. The molecule has 2 aromatic heterocycles. The predicted molar refractivity (Wildman–Crippen MR) is 119 cm³/mol. The Morgan fingerprint density at radius 2 is 1.81 bits per heavy atom. The Morgan fingerprint density at radius 1 is 1.06 bits per heavy atom. The van der Waals surface area contributed by atoms with E-state index in [0.717, 1.165) is 54.1 Å². The third kappa shape index (κ3) is 5.62. The van der Waals surface area contributed by atoms with Gasteiger partial charge < -0.3 is 9.64 Å². The van der Waals surface area contributed by atoms with Crippen molar-refractivity contribution in [3.63, 3.8) is 0 Å². The smallest absolute Gasteiger partial charge is 0.224 e. The van der Waals surface area contributed by atoms with Gasteiger partial charge in [0.25, 0.3) is 0 Å². The van der Waals surface area contributed by atoms with E-state index in [0.29, 0.717) is 12.6 Å². The minimum atomic E-state index is -0.215. The van der Waals surface area contributed by atoms with E-state index in [-0.39, 0.29) is 11.9 Å². The first-order valence-electron chi connectivity index (χ1n) is 10.5. The molecule has 0 N–H and O–H groups in total. The molecule has 162 valence electrons. The standard InChI is InChI=1S/C24H28FN5O/c1-17-10-19(11-18-4-6-21(25)7-5-18)12-22(28-17)23-16-30(8-9-31-23)15-20-13-26-24(27-14-20)29(2)3/h4-7,10,12-14,23H,8-9,11,15-16H2,1-3H3/t23-/m1/s1. The molecule has 0 radical (unpaired) electrons. The average molecular weight is 422 g/mol. The molecule has 0 aliphatic carbocycles. The summed E-state index contributed by atoms with van der Waals surface area (Å²) in [6.45, 7) is 5.07. The van der Waals surface area contributed by atoms with Crippen LogP contribution in [0, 0.1) is 12.7 Å². The van der Waals surface area contributed by atoms with Crippen LogP contribution < -0.4 is 4.90 Å². The second-order valence-corrected chi connectivity index (χ2v) is 8.23. The van der Waals surface area contributed by atoms with Crippen molar-refractivity contribution < 1.29 is 9.13 Å². The maximum absolute atomic E-state index is 13.2. The second kappa shape index (κ2) is 9.49. The lowest BCUT2D eigenvalue weighted by Crippen LogP contribution is -2.38. The van der Waals surface area contributed by atoms with E-state index in [1.807, 2.05) is 50.4 Å². The Kier molecular flexibility index (Phi) is 6.53. The predicted octanol–water partition coefficient (Wildman–Crippen LogP) is 3.55. The highest BCUT2D eigenvalue weighted by atomic mass is 19.1. The van der Waals surface area contributed by atoms with Crippen LogP contribution in [0.2, 0.25) is 0 Å². The number of anilines is 1. The first-order valence-corrected chi connectivity index (χ1v) is 10.5. The lowest BCUT2D eigenvalue weighted by molar-refractivity contribution is -0.0351. The summed E-state index contributed by atoms with van der Waals surface area (Å²) in [5, 5.41) is 0. The lowest BCUT2D eigenvalue weighted by atomic mass is 10.0. The molecule has 1 fully saturated rings. The summed E-state index contributed by atoms with van der Waals surface area (Å²) in [5.74, 6) is 0.494. The normalized spacial score (nSPS) is 17.0. The molecular weight excluding hydrogens is 393 g/mol. The van der Waals surface area contributed by atoms with E-state index in [4.69, 9.17) is 9.72 Å². The van der Waals surface area contributed by atoms with Crippen LogP contribution in [0.15, 0.2) is 48.8 Å². The zero-order valence-electron chi connectivity index (χ0n) is 18.3. The van der Waals surface area contributed by atoms with E-state index in [9.17, 15) is 4.39 Å². The fourth-order valence-electron chi connectivity index (χ4n) is 3.82. The number of morpholine rings is 1. The molecule has 1 aliphatic rings. The molecule has 31 heavy (non-hydrogen) atoms. The van der Waals surface area contributed by atoms with Crippen LogP contribution in [0.3, 0.4) is 0 Å². The summed E-state index contributed by atoms with van der Waals surface area (Å²) in [7, 11) is 3.86. The van der Waals surface area contributed by atoms with Gasteiger partial charge in [0.15, 0.2) is 0 Å². The van der Waals surface area contributed by atoms with E-state index in [2.05, 4.69) is 27.0 Å². The molecular formula is C24H28FN5O. The Bertz CT molecular complexity index is 1010. The van der Waals surface area contributed by atoms with Crippen LogP contribution in [0.5, 0.6) is 0 Å². The molecule has 7 heteroatoms. The monoisotopic (exact) mass is 421 g/mol. The maximum Gasteiger partial charge on any atom is 0.224 e. The van der Waals surface area contributed by atoms with Crippen molar-refractivity contribution in [2.75, 3.05) is 38.7 Å². The molecule has 4 rings (SSSR count). The number of hydrogen-bond donors (Lipinski definition) is 0. The van der Waals surface area contributed by atoms with Crippen LogP contribution in [-0.2, 0) is 17.7 Å². The number of halogens is 1. The van der Waals surface area contributed by atoms with Crippen molar-refractivity contribution in [2.45, 2.75) is 26.0 Å². The zero-order chi connectivity index (χ0) is 21.8. The molecule has 6 nitrogen and oxygen atoms in total. The highest BCUT2D eigenvalue weighted by molar-refractivity contribution is 5.30. The number of nitrogens with zero attached hydrogens (tertiary/aromatic N) is 5. The largest absolute Gasteiger partial charge is 0.369 e. The Hall–Kier alpha value is -2.90. The zero-order valence-corrected chi connectivity index (χ0v) is 18.3. The van der Waals surface area contributed by atoms with Gasteiger partial charge >= 0.3 is 0 Å². The van der Waals surface area contributed by atoms with Crippen molar-refractivity contribution in [3.05, 3.63) is 82.7 Å². The van der Waals surface area contributed by atoms with Crippen molar-refractivity contribution >= 4 is 5.95 Å². The third-order valence-electron chi connectivity index (χ3n) is 5.33. The van der Waals surface area contributed by atoms with E-state index in [1.54, 1.807) is 0 Å². The van der Waals surface area contributed by atoms with Gasteiger partial charge in [-0.25, -0.2) is 14.4 Å². The summed E-state index contributed by atoms with van der Waals surface area (Å²) in [6.07, 6.45) is 4.43. The molecule has 0 saturated carbocycles. The van der Waals surface area contributed by atoms with Crippen LogP contribution >= 0.6 is 0 Å². The summed E-state index contributed by atoms with van der Waals surface area (Å²) >= 11 is 0. The van der Waals surface area contributed by atoms with Crippen LogP contribution in [0.25, 0.3) is 0 Å². The minimum Gasteiger partial charge on any atom is -0.369 e. The van der Waals surface area contributed by atoms with Gasteiger partial charge in [-0.3, -0.25) is 9.88 Å². The van der Waals surface area contributed by atoms with E-state index in [1.165, 1.54) is 12.1 Å². The molecule has 3 heterocycles. The molecule has 1 saturated heterocycles. The number of aromatic nitrogens is 3. The second-order valence-electron chi connectivity index (χ2n) is 8.23. The highest BCUT2D eigenvalue weighted by Crippen LogP contribution is 2.24. The molecule has 1 atom stereocenters. The van der Waals surface area contributed by atoms with Gasteiger partial charge in [0, 0.05) is 57.4 Å². The quantitative estimate of drug-likeness (QED) is 0.607. The summed E-state index contributed by atoms with van der Waals surface area (Å²) in [4.78, 5) is 17.8. The minimum absolute atomic E-state index is 0.0809. The average Bonchev–Trinajstić information content (AvgIpc) is 2.75. The van der Waals surface area contributed by atoms with E-state index >= 15 is 0 Å². The molecule has 0 unspecified atom stereocenters. The van der Waals surface area contributed by atoms with Crippen LogP contribution in [0.1, 0.15) is 34.2 Å². The maximum atomic E-state index is 13.2. The number of pyridine rings is 1. The molecule has 0 spiro atoms. The highest BCUT2D eigenvalue weighted by Gasteiger charge is 2.24. The number of hydrogen-bond acceptors (Lipinski definition) is 6. The molecule has 0 bridgehead atoms. The van der Waals surface area contributed by atoms with E-state index < -0.39 is 0 Å². The first-order chi connectivity index (χ1) is 15.0. The molecule has 0 amide bonds. The van der Waals surface area contributed by atoms with Gasteiger partial charge in [-0.1, -0.05) is 12.1 Å². The van der Waals surface area contributed by atoms with Gasteiger partial charge in [-0.15, -0.1) is 0 Å². The fourth-order valence-corrected chi connectivity index (χ4v) is 3.82. The SMILES string of the molecule is Cc1cc(Cc2ccc(F)cc2)cc([C@H]2CN(Cc3cnc(N(C)C)nc3)CCO2)n1. The number of benzene rings is 1. The van der Waals surface area contributed by atoms with Crippen molar-refractivity contribution in [1.82, 2.24) is 19.9 Å².